The average Bonchev–Trinajstić information content (AvgIpc) is 3.19. The minimum Gasteiger partial charge on any atom is -0.494 e. The lowest BCUT2D eigenvalue weighted by atomic mass is 10.2. The molecule has 2 amide bonds. The van der Waals surface area contributed by atoms with Gasteiger partial charge in [0.25, 0.3) is 5.91 Å². The first kappa shape index (κ1) is 20.8. The number of anilines is 2. The molecule has 0 saturated heterocycles. The Morgan fingerprint density at radius 3 is 2.61 bits per heavy atom. The number of aryl methyl sites for hydroxylation is 1. The van der Waals surface area contributed by atoms with Gasteiger partial charge in [-0.15, -0.1) is 0 Å². The van der Waals surface area contributed by atoms with Gasteiger partial charge in [-0.1, -0.05) is 29.5 Å². The van der Waals surface area contributed by atoms with Crippen molar-refractivity contribution in [3.8, 4) is 5.75 Å². The summed E-state index contributed by atoms with van der Waals surface area (Å²) in [5.74, 6) is 0.645. The Labute approximate surface area is 184 Å². The van der Waals surface area contributed by atoms with Crippen molar-refractivity contribution in [2.45, 2.75) is 20.0 Å². The van der Waals surface area contributed by atoms with Crippen LogP contribution in [0.1, 0.15) is 12.5 Å². The van der Waals surface area contributed by atoms with Gasteiger partial charge in [0.2, 0.25) is 12.1 Å². The van der Waals surface area contributed by atoms with Crippen LogP contribution in [0.25, 0.3) is 0 Å². The van der Waals surface area contributed by atoms with Gasteiger partial charge < -0.3 is 10.1 Å². The molecule has 160 valence electrons. The monoisotopic (exact) mass is 437 g/mol. The molecule has 8 nitrogen and oxygen atoms in total. The van der Waals surface area contributed by atoms with Gasteiger partial charge in [0.05, 0.1) is 12.4 Å². The van der Waals surface area contributed by atoms with Gasteiger partial charge in [-0.05, 0) is 50.2 Å². The van der Waals surface area contributed by atoms with Gasteiger partial charge in [0.1, 0.15) is 5.75 Å². The van der Waals surface area contributed by atoms with Crippen molar-refractivity contribution in [2.24, 2.45) is 5.10 Å². The number of fused-ring (bicyclic) bond motifs is 1. The van der Waals surface area contributed by atoms with Crippen molar-refractivity contribution < 1.29 is 14.3 Å². The maximum atomic E-state index is 12.9. The van der Waals surface area contributed by atoms with E-state index in [4.69, 9.17) is 4.74 Å². The summed E-state index contributed by atoms with van der Waals surface area (Å²) < 4.78 is 5.45. The summed E-state index contributed by atoms with van der Waals surface area (Å²) >= 11 is 1.27. The number of ether oxygens (including phenoxy) is 1. The number of hydrogen-bond donors (Lipinski definition) is 2. The maximum absolute atomic E-state index is 12.9. The number of benzene rings is 2. The van der Waals surface area contributed by atoms with Crippen molar-refractivity contribution in [3.05, 3.63) is 66.5 Å². The molecule has 2 aromatic rings. The average molecular weight is 438 g/mol. The number of thioether (sulfide) groups is 1. The molecule has 2 aromatic carbocycles. The van der Waals surface area contributed by atoms with Crippen LogP contribution in [0.2, 0.25) is 0 Å². The summed E-state index contributed by atoms with van der Waals surface area (Å²) in [5, 5.41) is 7.67. The van der Waals surface area contributed by atoms with Crippen molar-refractivity contribution in [3.63, 3.8) is 0 Å². The predicted molar refractivity (Wildman–Crippen MR) is 123 cm³/mol. The van der Waals surface area contributed by atoms with E-state index in [1.165, 1.54) is 11.8 Å². The normalized spacial score (nSPS) is 17.2. The second-order valence-electron chi connectivity index (χ2n) is 6.97. The summed E-state index contributed by atoms with van der Waals surface area (Å²) in [5.41, 5.74) is 5.48. The van der Waals surface area contributed by atoms with Crippen LogP contribution in [0.4, 0.5) is 11.4 Å². The largest absolute Gasteiger partial charge is 0.494 e. The molecular weight excluding hydrogens is 414 g/mol. The van der Waals surface area contributed by atoms with Gasteiger partial charge in [0, 0.05) is 23.8 Å². The molecule has 0 aromatic heterocycles. The molecule has 0 fully saturated rings. The molecule has 0 spiro atoms. The number of carbonyl (C=O) groups is 2. The summed E-state index contributed by atoms with van der Waals surface area (Å²) in [6.45, 7) is 4.50. The molecule has 2 aliphatic heterocycles. The fourth-order valence-corrected chi connectivity index (χ4v) is 3.93. The molecule has 4 rings (SSSR count). The Balaban J connectivity index is 1.35. The number of amidine groups is 1. The van der Waals surface area contributed by atoms with E-state index in [9.17, 15) is 9.59 Å². The Morgan fingerprint density at radius 1 is 1.16 bits per heavy atom. The van der Waals surface area contributed by atoms with E-state index >= 15 is 0 Å². The molecule has 9 heteroatoms. The molecule has 0 saturated carbocycles. The minimum absolute atomic E-state index is 0.136. The highest BCUT2D eigenvalue weighted by Gasteiger charge is 2.38. The molecule has 0 bridgehead atoms. The molecule has 2 heterocycles. The van der Waals surface area contributed by atoms with Crippen LogP contribution in [-0.2, 0) is 9.59 Å². The lowest BCUT2D eigenvalue weighted by Crippen LogP contribution is -2.52. The SMILES string of the molecule is CCOc1ccc(N2C=CN3C(SCC(=O)Nc4ccc(C)cc4)=NNC3C2=O)cc1. The second kappa shape index (κ2) is 9.13. The first-order valence-corrected chi connectivity index (χ1v) is 10.9. The number of rotatable bonds is 6. The Hall–Kier alpha value is -3.46. The first-order valence-electron chi connectivity index (χ1n) is 9.90. The van der Waals surface area contributed by atoms with Crippen LogP contribution in [0, 0.1) is 6.92 Å². The molecular formula is C22H23N5O3S. The Morgan fingerprint density at radius 2 is 1.90 bits per heavy atom. The zero-order chi connectivity index (χ0) is 21.8. The Kier molecular flexibility index (Phi) is 6.13. The van der Waals surface area contributed by atoms with Gasteiger partial charge in [0.15, 0.2) is 5.17 Å². The van der Waals surface area contributed by atoms with Crippen LogP contribution < -0.4 is 20.4 Å². The highest BCUT2D eigenvalue weighted by atomic mass is 32.2. The highest BCUT2D eigenvalue weighted by Crippen LogP contribution is 2.27. The summed E-state index contributed by atoms with van der Waals surface area (Å²) in [7, 11) is 0. The van der Waals surface area contributed by atoms with Crippen LogP contribution >= 0.6 is 11.8 Å². The standard InChI is InChI=1S/C22H23N5O3S/c1-3-30-18-10-8-17(9-11-18)26-12-13-27-20(21(26)29)24-25-22(27)31-14-19(28)23-16-6-4-15(2)5-7-16/h4-13,20,24H,3,14H2,1-2H3,(H,23,28). The zero-order valence-corrected chi connectivity index (χ0v) is 18.1. The number of amides is 2. The third kappa shape index (κ3) is 4.66. The zero-order valence-electron chi connectivity index (χ0n) is 17.2. The van der Waals surface area contributed by atoms with Gasteiger partial charge in [-0.3, -0.25) is 24.8 Å². The van der Waals surface area contributed by atoms with E-state index in [0.717, 1.165) is 22.7 Å². The van der Waals surface area contributed by atoms with Crippen molar-refractivity contribution in [2.75, 3.05) is 22.6 Å². The van der Waals surface area contributed by atoms with E-state index in [0.29, 0.717) is 11.8 Å². The van der Waals surface area contributed by atoms with Crippen molar-refractivity contribution in [1.29, 1.82) is 0 Å². The van der Waals surface area contributed by atoms with E-state index in [1.807, 2.05) is 62.4 Å². The summed E-state index contributed by atoms with van der Waals surface area (Å²) in [6.07, 6.45) is 2.84. The second-order valence-corrected chi connectivity index (χ2v) is 7.91. The topological polar surface area (TPSA) is 86.3 Å². The third-order valence-corrected chi connectivity index (χ3v) is 5.69. The van der Waals surface area contributed by atoms with Crippen LogP contribution in [0.5, 0.6) is 5.75 Å². The highest BCUT2D eigenvalue weighted by molar-refractivity contribution is 8.14. The lowest BCUT2D eigenvalue weighted by Gasteiger charge is -2.31. The first-order chi connectivity index (χ1) is 15.0. The van der Waals surface area contributed by atoms with Crippen LogP contribution in [0.15, 0.2) is 66.0 Å². The van der Waals surface area contributed by atoms with E-state index in [2.05, 4.69) is 15.8 Å². The maximum Gasteiger partial charge on any atom is 0.276 e. The van der Waals surface area contributed by atoms with Gasteiger partial charge in [-0.2, -0.15) is 5.10 Å². The molecule has 1 atom stereocenters. The van der Waals surface area contributed by atoms with E-state index in [-0.39, 0.29) is 17.6 Å². The Bertz CT molecular complexity index is 1020. The van der Waals surface area contributed by atoms with Gasteiger partial charge >= 0.3 is 0 Å². The van der Waals surface area contributed by atoms with Crippen molar-refractivity contribution >= 4 is 40.1 Å². The number of hydrogen-bond acceptors (Lipinski definition) is 7. The van der Waals surface area contributed by atoms with Crippen LogP contribution in [0.3, 0.4) is 0 Å². The quantitative estimate of drug-likeness (QED) is 0.722. The predicted octanol–water partition coefficient (Wildman–Crippen LogP) is 3.09. The number of nitrogens with one attached hydrogen (secondary N) is 2. The van der Waals surface area contributed by atoms with E-state index in [1.54, 1.807) is 22.2 Å². The number of nitrogens with zero attached hydrogens (tertiary/aromatic N) is 3. The third-order valence-electron chi connectivity index (χ3n) is 4.72. The minimum atomic E-state index is -0.640. The molecule has 2 N–H and O–H groups in total. The summed E-state index contributed by atoms with van der Waals surface area (Å²) in [6, 6.07) is 15.0. The smallest absolute Gasteiger partial charge is 0.276 e. The summed E-state index contributed by atoms with van der Waals surface area (Å²) in [4.78, 5) is 28.5. The molecule has 2 aliphatic rings. The molecule has 0 radical (unpaired) electrons. The molecule has 0 aliphatic carbocycles. The fourth-order valence-electron chi connectivity index (χ4n) is 3.17. The molecule has 1 unspecified atom stereocenters. The van der Waals surface area contributed by atoms with Crippen LogP contribution in [-0.4, -0.2) is 40.4 Å². The van der Waals surface area contributed by atoms with Gasteiger partial charge in [-0.25, -0.2) is 0 Å². The lowest BCUT2D eigenvalue weighted by molar-refractivity contribution is -0.122. The fraction of sp³-hybridized carbons (Fsp3) is 0.227. The number of hydrazone groups is 1. The number of carbonyl (C=O) groups excluding carboxylic acids is 2. The van der Waals surface area contributed by atoms with Crippen molar-refractivity contribution in [1.82, 2.24) is 10.3 Å². The van der Waals surface area contributed by atoms with E-state index < -0.39 is 6.17 Å². The molecule has 31 heavy (non-hydrogen) atoms.